The molecule has 0 radical (unpaired) electrons. The van der Waals surface area contributed by atoms with Crippen molar-refractivity contribution in [3.8, 4) is 6.07 Å². The first-order chi connectivity index (χ1) is 12.2. The maximum absolute atomic E-state index is 12.1. The number of anilines is 1. The van der Waals surface area contributed by atoms with Crippen molar-refractivity contribution in [2.45, 2.75) is 12.5 Å². The Kier molecular flexibility index (Phi) is 5.32. The number of nitrogens with two attached hydrogens (primary N) is 1. The zero-order valence-corrected chi connectivity index (χ0v) is 14.1. The van der Waals surface area contributed by atoms with Gasteiger partial charge in [0.15, 0.2) is 0 Å². The smallest absolute Gasteiger partial charge is 0.239 e. The second-order valence-electron chi connectivity index (χ2n) is 6.25. The van der Waals surface area contributed by atoms with E-state index in [4.69, 9.17) is 11.0 Å². The number of rotatable bonds is 4. The molecule has 0 unspecified atom stereocenters. The summed E-state index contributed by atoms with van der Waals surface area (Å²) in [6.07, 6.45) is 0.955. The van der Waals surface area contributed by atoms with Gasteiger partial charge in [0.2, 0.25) is 5.91 Å². The number of nitriles is 1. The van der Waals surface area contributed by atoms with Crippen molar-refractivity contribution in [3.05, 3.63) is 65.7 Å². The molecule has 1 heterocycles. The molecule has 1 fully saturated rings. The third-order valence-corrected chi connectivity index (χ3v) is 4.64. The second kappa shape index (κ2) is 7.82. The van der Waals surface area contributed by atoms with Crippen LogP contribution in [0.3, 0.4) is 0 Å². The predicted octanol–water partition coefficient (Wildman–Crippen LogP) is 2.30. The molecule has 2 N–H and O–H groups in total. The van der Waals surface area contributed by atoms with Gasteiger partial charge in [-0.05, 0) is 36.2 Å². The second-order valence-corrected chi connectivity index (χ2v) is 6.25. The summed E-state index contributed by atoms with van der Waals surface area (Å²) in [6, 6.07) is 19.1. The van der Waals surface area contributed by atoms with E-state index >= 15 is 0 Å². The summed E-state index contributed by atoms with van der Waals surface area (Å²) in [7, 11) is 0. The monoisotopic (exact) mass is 334 g/mol. The number of hydrogen-bond donors (Lipinski definition) is 1. The van der Waals surface area contributed by atoms with Crippen LogP contribution in [0.4, 0.5) is 5.69 Å². The average Bonchev–Trinajstić information content (AvgIpc) is 2.89. The molecule has 0 spiro atoms. The first-order valence-corrected chi connectivity index (χ1v) is 8.52. The minimum atomic E-state index is -0.387. The third kappa shape index (κ3) is 3.98. The number of carbonyl (C=O) groups is 1. The SMILES string of the molecule is N#Cc1ccc(N2CCCN([C@@H](C(N)=O)c3ccccc3)CC2)cc1. The van der Waals surface area contributed by atoms with Gasteiger partial charge in [-0.25, -0.2) is 0 Å². The zero-order chi connectivity index (χ0) is 17.6. The molecule has 128 valence electrons. The fraction of sp³-hybridized carbons (Fsp3) is 0.300. The van der Waals surface area contributed by atoms with Crippen LogP contribution in [0, 0.1) is 11.3 Å². The summed E-state index contributed by atoms with van der Waals surface area (Å²) in [5, 5.41) is 8.93. The molecular weight excluding hydrogens is 312 g/mol. The lowest BCUT2D eigenvalue weighted by Crippen LogP contribution is -2.40. The van der Waals surface area contributed by atoms with Crippen molar-refractivity contribution < 1.29 is 4.79 Å². The maximum atomic E-state index is 12.1. The summed E-state index contributed by atoms with van der Waals surface area (Å²) in [6.45, 7) is 3.34. The molecule has 1 saturated heterocycles. The topological polar surface area (TPSA) is 73.4 Å². The van der Waals surface area contributed by atoms with Crippen molar-refractivity contribution in [2.24, 2.45) is 5.73 Å². The molecule has 0 aliphatic carbocycles. The van der Waals surface area contributed by atoms with E-state index in [9.17, 15) is 4.79 Å². The number of primary amides is 1. The van der Waals surface area contributed by atoms with Gasteiger partial charge in [0.1, 0.15) is 6.04 Å². The lowest BCUT2D eigenvalue weighted by Gasteiger charge is -2.29. The molecule has 2 aromatic carbocycles. The van der Waals surface area contributed by atoms with Crippen LogP contribution in [0.15, 0.2) is 54.6 Å². The Morgan fingerprint density at radius 1 is 1.00 bits per heavy atom. The van der Waals surface area contributed by atoms with Gasteiger partial charge in [-0.2, -0.15) is 5.26 Å². The van der Waals surface area contributed by atoms with Crippen molar-refractivity contribution in [2.75, 3.05) is 31.1 Å². The highest BCUT2D eigenvalue weighted by Gasteiger charge is 2.27. The first kappa shape index (κ1) is 17.0. The van der Waals surface area contributed by atoms with E-state index in [-0.39, 0.29) is 11.9 Å². The van der Waals surface area contributed by atoms with Crippen molar-refractivity contribution in [1.29, 1.82) is 5.26 Å². The maximum Gasteiger partial charge on any atom is 0.239 e. The average molecular weight is 334 g/mol. The highest BCUT2D eigenvalue weighted by Crippen LogP contribution is 2.24. The standard InChI is InChI=1S/C20H22N4O/c21-15-16-7-9-18(10-8-16)23-11-4-12-24(14-13-23)19(20(22)25)17-5-2-1-3-6-17/h1-3,5-10,19H,4,11-14H2,(H2,22,25)/t19-/m1/s1. The highest BCUT2D eigenvalue weighted by atomic mass is 16.1. The van der Waals surface area contributed by atoms with E-state index in [1.54, 1.807) is 0 Å². The van der Waals surface area contributed by atoms with Crippen molar-refractivity contribution >= 4 is 11.6 Å². The third-order valence-electron chi connectivity index (χ3n) is 4.64. The fourth-order valence-corrected chi connectivity index (χ4v) is 3.39. The minimum Gasteiger partial charge on any atom is -0.370 e. The molecule has 0 saturated carbocycles. The van der Waals surface area contributed by atoms with Gasteiger partial charge in [-0.15, -0.1) is 0 Å². The molecule has 1 aliphatic rings. The lowest BCUT2D eigenvalue weighted by atomic mass is 10.0. The number of amides is 1. The Hall–Kier alpha value is -2.84. The summed E-state index contributed by atoms with van der Waals surface area (Å²) in [5.74, 6) is -0.307. The van der Waals surface area contributed by atoms with Crippen LogP contribution < -0.4 is 10.6 Å². The van der Waals surface area contributed by atoms with Gasteiger partial charge in [0, 0.05) is 31.9 Å². The van der Waals surface area contributed by atoms with Gasteiger partial charge in [0.05, 0.1) is 11.6 Å². The molecule has 0 bridgehead atoms. The van der Waals surface area contributed by atoms with Crippen molar-refractivity contribution in [1.82, 2.24) is 4.90 Å². The van der Waals surface area contributed by atoms with Crippen LogP contribution in [-0.4, -0.2) is 37.0 Å². The largest absolute Gasteiger partial charge is 0.370 e. The number of carbonyl (C=O) groups excluding carboxylic acids is 1. The quantitative estimate of drug-likeness (QED) is 0.931. The molecule has 2 aromatic rings. The highest BCUT2D eigenvalue weighted by molar-refractivity contribution is 5.81. The van der Waals surface area contributed by atoms with E-state index in [2.05, 4.69) is 15.9 Å². The number of benzene rings is 2. The van der Waals surface area contributed by atoms with Crippen LogP contribution in [0.25, 0.3) is 0 Å². The molecule has 5 nitrogen and oxygen atoms in total. The van der Waals surface area contributed by atoms with Crippen LogP contribution in [0.1, 0.15) is 23.6 Å². The summed E-state index contributed by atoms with van der Waals surface area (Å²) in [4.78, 5) is 16.5. The molecule has 0 aromatic heterocycles. The Morgan fingerprint density at radius 3 is 2.36 bits per heavy atom. The number of nitrogens with zero attached hydrogens (tertiary/aromatic N) is 3. The van der Waals surface area contributed by atoms with E-state index in [1.165, 1.54) is 0 Å². The number of hydrogen-bond acceptors (Lipinski definition) is 4. The molecular formula is C20H22N4O. The Balaban J connectivity index is 1.73. The van der Waals surface area contributed by atoms with Gasteiger partial charge >= 0.3 is 0 Å². The van der Waals surface area contributed by atoms with E-state index in [0.29, 0.717) is 5.56 Å². The summed E-state index contributed by atoms with van der Waals surface area (Å²) < 4.78 is 0. The van der Waals surface area contributed by atoms with Crippen LogP contribution in [0.2, 0.25) is 0 Å². The van der Waals surface area contributed by atoms with Crippen LogP contribution >= 0.6 is 0 Å². The van der Waals surface area contributed by atoms with Gasteiger partial charge in [-0.3, -0.25) is 9.69 Å². The summed E-state index contributed by atoms with van der Waals surface area (Å²) >= 11 is 0. The Labute approximate surface area is 148 Å². The normalized spacial score (nSPS) is 16.7. The van der Waals surface area contributed by atoms with Crippen molar-refractivity contribution in [3.63, 3.8) is 0 Å². The molecule has 1 amide bonds. The summed E-state index contributed by atoms with van der Waals surface area (Å²) in [5.41, 5.74) is 8.42. The Bertz CT molecular complexity index is 752. The van der Waals surface area contributed by atoms with Crippen LogP contribution in [-0.2, 0) is 4.79 Å². The molecule has 25 heavy (non-hydrogen) atoms. The van der Waals surface area contributed by atoms with E-state index < -0.39 is 0 Å². The minimum absolute atomic E-state index is 0.307. The fourth-order valence-electron chi connectivity index (χ4n) is 3.39. The van der Waals surface area contributed by atoms with Gasteiger partial charge in [0.25, 0.3) is 0 Å². The zero-order valence-electron chi connectivity index (χ0n) is 14.1. The van der Waals surface area contributed by atoms with Gasteiger partial charge in [-0.1, -0.05) is 30.3 Å². The predicted molar refractivity (Wildman–Crippen MR) is 97.9 cm³/mol. The first-order valence-electron chi connectivity index (χ1n) is 8.52. The molecule has 1 atom stereocenters. The van der Waals surface area contributed by atoms with E-state index in [0.717, 1.165) is 43.9 Å². The molecule has 3 rings (SSSR count). The lowest BCUT2D eigenvalue weighted by molar-refractivity contribution is -0.123. The van der Waals surface area contributed by atoms with Crippen LogP contribution in [0.5, 0.6) is 0 Å². The molecule has 5 heteroatoms. The van der Waals surface area contributed by atoms with Gasteiger partial charge < -0.3 is 10.6 Å². The Morgan fingerprint density at radius 2 is 1.72 bits per heavy atom. The van der Waals surface area contributed by atoms with E-state index in [1.807, 2.05) is 54.6 Å². The molecule has 1 aliphatic heterocycles.